The molecular weight excluding hydrogens is 428 g/mol. The number of rotatable bonds is 6. The lowest BCUT2D eigenvalue weighted by Crippen LogP contribution is -2.27. The molecule has 1 aliphatic rings. The number of benzene rings is 3. The standard InChI is InChI=1S/C25H23ClN2O2S/c1-17-4-2-3-5-21(17)14-27-24(30)19-8-10-20(11-9-19)25-28(23(29)16-31-25)15-18-6-12-22(26)13-7-18/h2-13,25H,14-16H2,1H3,(H,27,30)/t25-/m1/s1. The summed E-state index contributed by atoms with van der Waals surface area (Å²) in [7, 11) is 0. The summed E-state index contributed by atoms with van der Waals surface area (Å²) in [6, 6.07) is 23.1. The third kappa shape index (κ3) is 5.12. The fraction of sp³-hybridized carbons (Fsp3) is 0.200. The van der Waals surface area contributed by atoms with Gasteiger partial charge in [-0.1, -0.05) is 60.1 Å². The number of carbonyl (C=O) groups excluding carboxylic acids is 2. The number of nitrogens with one attached hydrogen (secondary N) is 1. The van der Waals surface area contributed by atoms with E-state index >= 15 is 0 Å². The zero-order chi connectivity index (χ0) is 21.8. The summed E-state index contributed by atoms with van der Waals surface area (Å²) in [4.78, 5) is 26.9. The summed E-state index contributed by atoms with van der Waals surface area (Å²) in [5.74, 6) is 0.463. The highest BCUT2D eigenvalue weighted by molar-refractivity contribution is 8.00. The van der Waals surface area contributed by atoms with Crippen LogP contribution in [0.5, 0.6) is 0 Å². The predicted molar refractivity (Wildman–Crippen MR) is 126 cm³/mol. The van der Waals surface area contributed by atoms with Gasteiger partial charge in [0.25, 0.3) is 5.91 Å². The Morgan fingerprint density at radius 1 is 1.06 bits per heavy atom. The first-order chi connectivity index (χ1) is 15.0. The van der Waals surface area contributed by atoms with E-state index in [-0.39, 0.29) is 17.2 Å². The lowest BCUT2D eigenvalue weighted by atomic mass is 10.1. The van der Waals surface area contributed by atoms with Crippen molar-refractivity contribution >= 4 is 35.2 Å². The minimum atomic E-state index is -0.108. The van der Waals surface area contributed by atoms with Crippen LogP contribution in [0.15, 0.2) is 72.8 Å². The lowest BCUT2D eigenvalue weighted by Gasteiger charge is -2.24. The number of nitrogens with zero attached hydrogens (tertiary/aromatic N) is 1. The van der Waals surface area contributed by atoms with Crippen molar-refractivity contribution in [3.63, 3.8) is 0 Å². The van der Waals surface area contributed by atoms with Crippen molar-refractivity contribution in [2.75, 3.05) is 5.75 Å². The molecule has 158 valence electrons. The molecule has 1 atom stereocenters. The first kappa shape index (κ1) is 21.5. The van der Waals surface area contributed by atoms with E-state index in [4.69, 9.17) is 11.6 Å². The van der Waals surface area contributed by atoms with Crippen molar-refractivity contribution in [2.45, 2.75) is 25.4 Å². The van der Waals surface area contributed by atoms with Gasteiger partial charge in [0.2, 0.25) is 5.91 Å². The summed E-state index contributed by atoms with van der Waals surface area (Å²) in [6.07, 6.45) is 0. The SMILES string of the molecule is Cc1ccccc1CNC(=O)c1ccc([C@H]2SCC(=O)N2Cc2ccc(Cl)cc2)cc1. The highest BCUT2D eigenvalue weighted by Crippen LogP contribution is 2.39. The zero-order valence-corrected chi connectivity index (χ0v) is 18.7. The van der Waals surface area contributed by atoms with Gasteiger partial charge in [-0.3, -0.25) is 9.59 Å². The molecular formula is C25H23ClN2O2S. The maximum absolute atomic E-state index is 12.6. The van der Waals surface area contributed by atoms with Gasteiger partial charge < -0.3 is 10.2 Å². The lowest BCUT2D eigenvalue weighted by molar-refractivity contribution is -0.128. The van der Waals surface area contributed by atoms with E-state index in [2.05, 4.69) is 5.32 Å². The Morgan fingerprint density at radius 2 is 1.77 bits per heavy atom. The summed E-state index contributed by atoms with van der Waals surface area (Å²) in [6.45, 7) is 3.06. The fourth-order valence-electron chi connectivity index (χ4n) is 3.57. The molecule has 6 heteroatoms. The minimum Gasteiger partial charge on any atom is -0.348 e. The zero-order valence-electron chi connectivity index (χ0n) is 17.2. The van der Waals surface area contributed by atoms with Gasteiger partial charge in [0, 0.05) is 23.7 Å². The largest absolute Gasteiger partial charge is 0.348 e. The molecule has 0 spiro atoms. The molecule has 1 heterocycles. The molecule has 1 saturated heterocycles. The number of hydrogen-bond acceptors (Lipinski definition) is 3. The van der Waals surface area contributed by atoms with Gasteiger partial charge in [0.1, 0.15) is 5.37 Å². The smallest absolute Gasteiger partial charge is 0.251 e. The van der Waals surface area contributed by atoms with Crippen LogP contribution in [0.1, 0.15) is 38.0 Å². The van der Waals surface area contributed by atoms with E-state index in [1.54, 1.807) is 11.8 Å². The summed E-state index contributed by atoms with van der Waals surface area (Å²) in [5.41, 5.74) is 4.92. The third-order valence-electron chi connectivity index (χ3n) is 5.39. The Balaban J connectivity index is 1.42. The fourth-order valence-corrected chi connectivity index (χ4v) is 4.89. The van der Waals surface area contributed by atoms with E-state index in [0.29, 0.717) is 29.4 Å². The molecule has 0 aromatic heterocycles. The Hall–Kier alpha value is -2.76. The van der Waals surface area contributed by atoms with E-state index < -0.39 is 0 Å². The molecule has 1 fully saturated rings. The minimum absolute atomic E-state index is 0.0627. The maximum Gasteiger partial charge on any atom is 0.251 e. The molecule has 1 aliphatic heterocycles. The summed E-state index contributed by atoms with van der Waals surface area (Å²) in [5, 5.41) is 3.60. The number of amides is 2. The van der Waals surface area contributed by atoms with Crippen molar-refractivity contribution in [2.24, 2.45) is 0 Å². The molecule has 0 bridgehead atoms. The van der Waals surface area contributed by atoms with E-state index in [0.717, 1.165) is 22.3 Å². The Kier molecular flexibility index (Phi) is 6.64. The van der Waals surface area contributed by atoms with Gasteiger partial charge in [0.15, 0.2) is 0 Å². The van der Waals surface area contributed by atoms with Gasteiger partial charge >= 0.3 is 0 Å². The Labute approximate surface area is 191 Å². The molecule has 3 aromatic rings. The van der Waals surface area contributed by atoms with Gasteiger partial charge in [0.05, 0.1) is 5.75 Å². The van der Waals surface area contributed by atoms with Crippen molar-refractivity contribution in [1.29, 1.82) is 0 Å². The van der Waals surface area contributed by atoms with Gasteiger partial charge in [-0.05, 0) is 53.4 Å². The predicted octanol–water partition coefficient (Wildman–Crippen LogP) is 5.35. The number of aryl methyl sites for hydroxylation is 1. The monoisotopic (exact) mass is 450 g/mol. The van der Waals surface area contributed by atoms with Crippen LogP contribution < -0.4 is 5.32 Å². The first-order valence-corrected chi connectivity index (χ1v) is 11.5. The topological polar surface area (TPSA) is 49.4 Å². The summed E-state index contributed by atoms with van der Waals surface area (Å²) >= 11 is 7.58. The van der Waals surface area contributed by atoms with Crippen molar-refractivity contribution in [3.05, 3.63) is 106 Å². The van der Waals surface area contributed by atoms with Crippen LogP contribution in [-0.4, -0.2) is 22.5 Å². The van der Waals surface area contributed by atoms with Crippen LogP contribution in [0.2, 0.25) is 5.02 Å². The Morgan fingerprint density at radius 3 is 2.48 bits per heavy atom. The Bertz CT molecular complexity index is 1080. The molecule has 1 N–H and O–H groups in total. The second kappa shape index (κ2) is 9.58. The second-order valence-electron chi connectivity index (χ2n) is 7.54. The number of hydrogen-bond donors (Lipinski definition) is 1. The van der Waals surface area contributed by atoms with E-state index in [1.807, 2.05) is 84.6 Å². The molecule has 2 amide bonds. The van der Waals surface area contributed by atoms with Crippen molar-refractivity contribution < 1.29 is 9.59 Å². The van der Waals surface area contributed by atoms with Gasteiger partial charge in [-0.25, -0.2) is 0 Å². The van der Waals surface area contributed by atoms with Crippen LogP contribution in [0.3, 0.4) is 0 Å². The van der Waals surface area contributed by atoms with E-state index in [1.165, 1.54) is 0 Å². The van der Waals surface area contributed by atoms with Crippen LogP contribution in [0.4, 0.5) is 0 Å². The van der Waals surface area contributed by atoms with Crippen LogP contribution in [-0.2, 0) is 17.9 Å². The highest BCUT2D eigenvalue weighted by Gasteiger charge is 2.32. The quantitative estimate of drug-likeness (QED) is 0.550. The maximum atomic E-state index is 12.6. The van der Waals surface area contributed by atoms with Crippen LogP contribution in [0.25, 0.3) is 0 Å². The molecule has 0 aliphatic carbocycles. The molecule has 4 rings (SSSR count). The molecule has 4 nitrogen and oxygen atoms in total. The summed E-state index contributed by atoms with van der Waals surface area (Å²) < 4.78 is 0. The number of carbonyl (C=O) groups is 2. The van der Waals surface area contributed by atoms with Crippen molar-refractivity contribution in [3.8, 4) is 0 Å². The van der Waals surface area contributed by atoms with Crippen LogP contribution >= 0.6 is 23.4 Å². The van der Waals surface area contributed by atoms with E-state index in [9.17, 15) is 9.59 Å². The third-order valence-corrected chi connectivity index (χ3v) is 6.90. The average Bonchev–Trinajstić information content (AvgIpc) is 3.14. The van der Waals surface area contributed by atoms with Crippen LogP contribution in [0, 0.1) is 6.92 Å². The van der Waals surface area contributed by atoms with Gasteiger partial charge in [-0.15, -0.1) is 11.8 Å². The van der Waals surface area contributed by atoms with Crippen molar-refractivity contribution in [1.82, 2.24) is 10.2 Å². The molecule has 0 radical (unpaired) electrons. The molecule has 0 saturated carbocycles. The highest BCUT2D eigenvalue weighted by atomic mass is 35.5. The molecule has 0 unspecified atom stereocenters. The average molecular weight is 451 g/mol. The first-order valence-electron chi connectivity index (χ1n) is 10.1. The molecule has 31 heavy (non-hydrogen) atoms. The van der Waals surface area contributed by atoms with Gasteiger partial charge in [-0.2, -0.15) is 0 Å². The normalized spacial score (nSPS) is 15.9. The number of halogens is 1. The second-order valence-corrected chi connectivity index (χ2v) is 9.05. The molecule has 3 aromatic carbocycles. The number of thioether (sulfide) groups is 1.